The molecule has 0 atom stereocenters. The van der Waals surface area contributed by atoms with Gasteiger partial charge < -0.3 is 4.90 Å². The molecule has 0 aliphatic heterocycles. The van der Waals surface area contributed by atoms with E-state index in [0.717, 1.165) is 17.3 Å². The molecule has 0 bridgehead atoms. The first-order valence-corrected chi connectivity index (χ1v) is 4.51. The number of aryl methyl sites for hydroxylation is 1. The molecule has 12 heavy (non-hydrogen) atoms. The maximum absolute atomic E-state index is 6.06. The second-order valence-corrected chi connectivity index (χ2v) is 3.33. The summed E-state index contributed by atoms with van der Waals surface area (Å²) >= 11 is 6.06. The summed E-state index contributed by atoms with van der Waals surface area (Å²) in [6.07, 6.45) is 0. The van der Waals surface area contributed by atoms with Gasteiger partial charge in [-0.25, -0.2) is 0 Å². The van der Waals surface area contributed by atoms with Crippen LogP contribution in [0.3, 0.4) is 0 Å². The standard InChI is InChI=1S/C10H14ClN/c1-4-12(3)10-8(2)6-5-7-9(10)11/h5-7H,4H2,1-3H3. The van der Waals surface area contributed by atoms with E-state index in [2.05, 4.69) is 24.8 Å². The summed E-state index contributed by atoms with van der Waals surface area (Å²) < 4.78 is 0. The maximum Gasteiger partial charge on any atom is 0.0642 e. The number of rotatable bonds is 2. The highest BCUT2D eigenvalue weighted by atomic mass is 35.5. The summed E-state index contributed by atoms with van der Waals surface area (Å²) in [5.41, 5.74) is 2.37. The number of nitrogens with zero attached hydrogens (tertiary/aromatic N) is 1. The van der Waals surface area contributed by atoms with Gasteiger partial charge in [-0.05, 0) is 25.5 Å². The molecule has 0 fully saturated rings. The van der Waals surface area contributed by atoms with Crippen LogP contribution in [0, 0.1) is 6.92 Å². The van der Waals surface area contributed by atoms with Gasteiger partial charge in [0.25, 0.3) is 0 Å². The minimum Gasteiger partial charge on any atom is -0.373 e. The quantitative estimate of drug-likeness (QED) is 0.681. The molecule has 0 spiro atoms. The molecule has 2 heteroatoms. The average Bonchev–Trinajstić information content (AvgIpc) is 2.03. The Labute approximate surface area is 79.0 Å². The molecule has 0 N–H and O–H groups in total. The molecule has 0 unspecified atom stereocenters. The normalized spacial score (nSPS) is 10.0. The summed E-state index contributed by atoms with van der Waals surface area (Å²) in [5.74, 6) is 0. The zero-order chi connectivity index (χ0) is 9.14. The summed E-state index contributed by atoms with van der Waals surface area (Å²) in [7, 11) is 2.05. The van der Waals surface area contributed by atoms with Crippen LogP contribution in [-0.4, -0.2) is 13.6 Å². The second kappa shape index (κ2) is 3.81. The molecule has 1 aromatic rings. The van der Waals surface area contributed by atoms with Gasteiger partial charge in [0.2, 0.25) is 0 Å². The molecule has 0 saturated carbocycles. The van der Waals surface area contributed by atoms with Crippen LogP contribution >= 0.6 is 11.6 Å². The van der Waals surface area contributed by atoms with E-state index >= 15 is 0 Å². The number of benzene rings is 1. The third-order valence-electron chi connectivity index (χ3n) is 2.04. The predicted octanol–water partition coefficient (Wildman–Crippen LogP) is 3.10. The van der Waals surface area contributed by atoms with Crippen molar-refractivity contribution in [2.45, 2.75) is 13.8 Å². The Kier molecular flexibility index (Phi) is 2.99. The molecule has 0 aliphatic carbocycles. The minimum absolute atomic E-state index is 0.833. The van der Waals surface area contributed by atoms with Gasteiger partial charge in [-0.2, -0.15) is 0 Å². The molecule has 0 heterocycles. The first-order chi connectivity index (χ1) is 5.66. The molecular formula is C10H14ClN. The molecule has 0 saturated heterocycles. The fourth-order valence-electron chi connectivity index (χ4n) is 1.26. The molecule has 0 amide bonds. The van der Waals surface area contributed by atoms with Crippen LogP contribution in [0.4, 0.5) is 5.69 Å². The van der Waals surface area contributed by atoms with Gasteiger partial charge in [-0.3, -0.25) is 0 Å². The van der Waals surface area contributed by atoms with E-state index in [1.807, 2.05) is 19.2 Å². The van der Waals surface area contributed by atoms with Gasteiger partial charge in [0.05, 0.1) is 10.7 Å². The van der Waals surface area contributed by atoms with Crippen LogP contribution in [0.1, 0.15) is 12.5 Å². The molecule has 1 aromatic carbocycles. The largest absolute Gasteiger partial charge is 0.373 e. The number of halogens is 1. The highest BCUT2D eigenvalue weighted by Gasteiger charge is 2.05. The monoisotopic (exact) mass is 183 g/mol. The number of hydrogen-bond acceptors (Lipinski definition) is 1. The van der Waals surface area contributed by atoms with Gasteiger partial charge >= 0.3 is 0 Å². The van der Waals surface area contributed by atoms with Crippen LogP contribution < -0.4 is 4.90 Å². The Bertz CT molecular complexity index is 250. The van der Waals surface area contributed by atoms with Crippen molar-refractivity contribution >= 4 is 17.3 Å². The number of para-hydroxylation sites is 1. The fourth-order valence-corrected chi connectivity index (χ4v) is 1.63. The summed E-state index contributed by atoms with van der Waals surface area (Å²) in [4.78, 5) is 2.15. The van der Waals surface area contributed by atoms with Crippen molar-refractivity contribution < 1.29 is 0 Å². The van der Waals surface area contributed by atoms with Crippen LogP contribution in [0.25, 0.3) is 0 Å². The van der Waals surface area contributed by atoms with E-state index in [1.165, 1.54) is 5.56 Å². The number of anilines is 1. The molecular weight excluding hydrogens is 170 g/mol. The molecule has 1 rings (SSSR count). The third kappa shape index (κ3) is 1.72. The molecule has 1 nitrogen and oxygen atoms in total. The second-order valence-electron chi connectivity index (χ2n) is 2.92. The van der Waals surface area contributed by atoms with Crippen molar-refractivity contribution in [1.29, 1.82) is 0 Å². The Morgan fingerprint density at radius 1 is 1.42 bits per heavy atom. The van der Waals surface area contributed by atoms with E-state index in [1.54, 1.807) is 0 Å². The first kappa shape index (κ1) is 9.40. The SMILES string of the molecule is CCN(C)c1c(C)cccc1Cl. The summed E-state index contributed by atoms with van der Waals surface area (Å²) in [6.45, 7) is 5.17. The molecule has 0 radical (unpaired) electrons. The zero-order valence-electron chi connectivity index (χ0n) is 7.76. The van der Waals surface area contributed by atoms with Crippen molar-refractivity contribution in [3.8, 4) is 0 Å². The lowest BCUT2D eigenvalue weighted by molar-refractivity contribution is 0.961. The van der Waals surface area contributed by atoms with Crippen molar-refractivity contribution in [3.05, 3.63) is 28.8 Å². The topological polar surface area (TPSA) is 3.24 Å². The Morgan fingerprint density at radius 3 is 2.58 bits per heavy atom. The fraction of sp³-hybridized carbons (Fsp3) is 0.400. The average molecular weight is 184 g/mol. The summed E-state index contributed by atoms with van der Waals surface area (Å²) in [6, 6.07) is 5.98. The van der Waals surface area contributed by atoms with Crippen LogP contribution in [-0.2, 0) is 0 Å². The minimum atomic E-state index is 0.833. The van der Waals surface area contributed by atoms with Gasteiger partial charge in [-0.1, -0.05) is 23.7 Å². The third-order valence-corrected chi connectivity index (χ3v) is 2.35. The Balaban J connectivity index is 3.12. The zero-order valence-corrected chi connectivity index (χ0v) is 8.52. The Hall–Kier alpha value is -0.690. The van der Waals surface area contributed by atoms with Gasteiger partial charge in [0, 0.05) is 13.6 Å². The van der Waals surface area contributed by atoms with Crippen molar-refractivity contribution in [1.82, 2.24) is 0 Å². The van der Waals surface area contributed by atoms with E-state index in [-0.39, 0.29) is 0 Å². The van der Waals surface area contributed by atoms with Gasteiger partial charge in [0.15, 0.2) is 0 Å². The van der Waals surface area contributed by atoms with Gasteiger partial charge in [0.1, 0.15) is 0 Å². The summed E-state index contributed by atoms with van der Waals surface area (Å²) in [5, 5.41) is 0.833. The first-order valence-electron chi connectivity index (χ1n) is 4.13. The highest BCUT2D eigenvalue weighted by Crippen LogP contribution is 2.27. The van der Waals surface area contributed by atoms with Crippen molar-refractivity contribution in [2.24, 2.45) is 0 Å². The molecule has 0 aliphatic rings. The Morgan fingerprint density at radius 2 is 2.08 bits per heavy atom. The van der Waals surface area contributed by atoms with Crippen molar-refractivity contribution in [2.75, 3.05) is 18.5 Å². The van der Waals surface area contributed by atoms with Gasteiger partial charge in [-0.15, -0.1) is 0 Å². The van der Waals surface area contributed by atoms with Crippen molar-refractivity contribution in [3.63, 3.8) is 0 Å². The van der Waals surface area contributed by atoms with E-state index in [4.69, 9.17) is 11.6 Å². The van der Waals surface area contributed by atoms with Crippen LogP contribution in [0.2, 0.25) is 5.02 Å². The lowest BCUT2D eigenvalue weighted by Gasteiger charge is -2.20. The van der Waals surface area contributed by atoms with E-state index in [9.17, 15) is 0 Å². The number of hydrogen-bond donors (Lipinski definition) is 0. The maximum atomic E-state index is 6.06. The highest BCUT2D eigenvalue weighted by molar-refractivity contribution is 6.33. The lowest BCUT2D eigenvalue weighted by Crippen LogP contribution is -2.17. The molecule has 66 valence electrons. The lowest BCUT2D eigenvalue weighted by atomic mass is 10.2. The van der Waals surface area contributed by atoms with Crippen LogP contribution in [0.15, 0.2) is 18.2 Å². The molecule has 0 aromatic heterocycles. The van der Waals surface area contributed by atoms with E-state index < -0.39 is 0 Å². The smallest absolute Gasteiger partial charge is 0.0642 e. The van der Waals surface area contributed by atoms with E-state index in [0.29, 0.717) is 0 Å². The predicted molar refractivity (Wildman–Crippen MR) is 55.1 cm³/mol. The van der Waals surface area contributed by atoms with Crippen LogP contribution in [0.5, 0.6) is 0 Å².